The average Bonchev–Trinajstić information content (AvgIpc) is 2.58. The molecule has 2 rings (SSSR count). The van der Waals surface area contributed by atoms with Gasteiger partial charge in [-0.2, -0.15) is 9.98 Å². The van der Waals surface area contributed by atoms with Crippen molar-refractivity contribution in [1.82, 2.24) is 0 Å². The maximum atomic E-state index is 10.7. The van der Waals surface area contributed by atoms with Crippen LogP contribution in [0.25, 0.3) is 0 Å². The van der Waals surface area contributed by atoms with Crippen molar-refractivity contribution in [1.29, 1.82) is 0 Å². The molecule has 94 valence electrons. The third kappa shape index (κ3) is 3.89. The summed E-state index contributed by atoms with van der Waals surface area (Å²) < 4.78 is 0. The fourth-order valence-corrected chi connectivity index (χ4v) is 1.33. The third-order valence-corrected chi connectivity index (χ3v) is 1.97. The Morgan fingerprint density at radius 1 is 1.17 bits per heavy atom. The van der Waals surface area contributed by atoms with Crippen LogP contribution in [-0.2, 0) is 9.59 Å². The largest absolute Gasteiger partial charge is 0.397 e. The highest BCUT2D eigenvalue weighted by molar-refractivity contribution is 5.96. The molecule has 0 radical (unpaired) electrons. The topological polar surface area (TPSA) is 102 Å². The Morgan fingerprint density at radius 3 is 2.22 bits per heavy atom. The molecule has 1 heterocycles. The number of urea groups is 1. The first-order valence-corrected chi connectivity index (χ1v) is 5.25. The molecule has 0 aliphatic carbocycles. The Kier molecular flexibility index (Phi) is 4.42. The molecule has 6 nitrogen and oxygen atoms in total. The van der Waals surface area contributed by atoms with Crippen molar-refractivity contribution in [2.45, 2.75) is 20.3 Å². The number of nitrogens with two attached hydrogens (primary N) is 1. The highest BCUT2D eigenvalue weighted by Crippen LogP contribution is 1.91. The van der Waals surface area contributed by atoms with Crippen LogP contribution in [0.4, 0.5) is 10.5 Å². The lowest BCUT2D eigenvalue weighted by Crippen LogP contribution is -2.24. The minimum Gasteiger partial charge on any atom is -0.397 e. The minimum atomic E-state index is -0.474. The van der Waals surface area contributed by atoms with E-state index in [0.717, 1.165) is 0 Å². The van der Waals surface area contributed by atoms with Crippen molar-refractivity contribution in [3.8, 4) is 0 Å². The Hall–Kier alpha value is -2.37. The highest BCUT2D eigenvalue weighted by Gasteiger charge is 2.05. The number of hydrogen-bond acceptors (Lipinski definition) is 4. The van der Waals surface area contributed by atoms with Gasteiger partial charge in [-0.05, 0) is 26.0 Å². The van der Waals surface area contributed by atoms with Crippen molar-refractivity contribution < 1.29 is 14.4 Å². The van der Waals surface area contributed by atoms with E-state index in [4.69, 9.17) is 5.73 Å². The van der Waals surface area contributed by atoms with E-state index in [2.05, 4.69) is 9.98 Å². The number of carbonyl (C=O) groups excluding carboxylic acids is 3. The zero-order valence-electron chi connectivity index (χ0n) is 10.1. The van der Waals surface area contributed by atoms with Crippen LogP contribution in [0.15, 0.2) is 28.2 Å². The first-order valence-electron chi connectivity index (χ1n) is 5.25. The van der Waals surface area contributed by atoms with Gasteiger partial charge in [0.25, 0.3) is 0 Å². The van der Waals surface area contributed by atoms with Crippen molar-refractivity contribution in [3.05, 3.63) is 28.9 Å². The molecular formula is C12H13N3O3. The van der Waals surface area contributed by atoms with Gasteiger partial charge in [-0.15, -0.1) is 0 Å². The van der Waals surface area contributed by atoms with Crippen LogP contribution in [0, 0.1) is 0 Å². The van der Waals surface area contributed by atoms with Crippen LogP contribution < -0.4 is 16.4 Å². The number of amides is 2. The third-order valence-electron chi connectivity index (χ3n) is 1.97. The lowest BCUT2D eigenvalue weighted by Gasteiger charge is -1.86. The van der Waals surface area contributed by atoms with Gasteiger partial charge in [0.2, 0.25) is 0 Å². The van der Waals surface area contributed by atoms with Gasteiger partial charge in [0, 0.05) is 0 Å². The van der Waals surface area contributed by atoms with E-state index in [1.165, 1.54) is 13.8 Å². The molecule has 1 aromatic rings. The number of fused-ring (bicyclic) bond motifs is 1. The van der Waals surface area contributed by atoms with E-state index >= 15 is 0 Å². The summed E-state index contributed by atoms with van der Waals surface area (Å²) in [4.78, 5) is 38.0. The number of ketones is 2. The van der Waals surface area contributed by atoms with Gasteiger partial charge in [0.15, 0.2) is 0 Å². The number of benzene rings is 1. The van der Waals surface area contributed by atoms with E-state index in [-0.39, 0.29) is 18.0 Å². The second kappa shape index (κ2) is 5.81. The number of para-hydroxylation sites is 1. The molecule has 0 saturated heterocycles. The molecule has 0 saturated carbocycles. The number of anilines is 1. The summed E-state index contributed by atoms with van der Waals surface area (Å²) in [5.41, 5.74) is 6.03. The first-order chi connectivity index (χ1) is 8.40. The zero-order chi connectivity index (χ0) is 13.7. The molecular weight excluding hydrogens is 234 g/mol. The molecule has 0 atom stereocenters. The molecule has 1 aliphatic rings. The molecule has 1 aliphatic heterocycles. The van der Waals surface area contributed by atoms with Crippen LogP contribution >= 0.6 is 0 Å². The SMILES string of the molecule is CC(=O)CC(C)=O.Nc1cccc2c1=NC(=O)N=2. The molecule has 2 N–H and O–H groups in total. The molecule has 0 aromatic heterocycles. The van der Waals surface area contributed by atoms with Gasteiger partial charge >= 0.3 is 6.03 Å². The predicted octanol–water partition coefficient (Wildman–Crippen LogP) is 0.196. The maximum Gasteiger partial charge on any atom is 0.368 e. The van der Waals surface area contributed by atoms with E-state index < -0.39 is 6.03 Å². The van der Waals surface area contributed by atoms with Gasteiger partial charge in [-0.25, -0.2) is 4.79 Å². The number of nitrogens with zero attached hydrogens (tertiary/aromatic N) is 2. The molecule has 0 unspecified atom stereocenters. The monoisotopic (exact) mass is 247 g/mol. The second-order valence-electron chi connectivity index (χ2n) is 3.80. The fourth-order valence-electron chi connectivity index (χ4n) is 1.33. The number of Topliss-reactive ketones (excluding diaryl/α,β-unsaturated/α-hetero) is 2. The lowest BCUT2D eigenvalue weighted by atomic mass is 10.2. The molecule has 6 heteroatoms. The first kappa shape index (κ1) is 13.7. The van der Waals surface area contributed by atoms with Crippen LogP contribution in [0.1, 0.15) is 20.3 Å². The number of carbonyl (C=O) groups is 3. The highest BCUT2D eigenvalue weighted by atomic mass is 16.2. The molecule has 0 spiro atoms. The average molecular weight is 247 g/mol. The number of rotatable bonds is 2. The predicted molar refractivity (Wildman–Crippen MR) is 64.5 cm³/mol. The number of hydrogen-bond donors (Lipinski definition) is 1. The van der Waals surface area contributed by atoms with Crippen LogP contribution in [-0.4, -0.2) is 17.6 Å². The Labute approximate surface area is 103 Å². The summed E-state index contributed by atoms with van der Waals surface area (Å²) in [6.45, 7) is 2.81. The summed E-state index contributed by atoms with van der Waals surface area (Å²) >= 11 is 0. The van der Waals surface area contributed by atoms with Gasteiger partial charge in [0.05, 0.1) is 17.5 Å². The van der Waals surface area contributed by atoms with E-state index in [1.54, 1.807) is 18.2 Å². The van der Waals surface area contributed by atoms with E-state index in [1.807, 2.05) is 0 Å². The fraction of sp³-hybridized carbons (Fsp3) is 0.250. The summed E-state index contributed by atoms with van der Waals surface area (Å²) in [6.07, 6.45) is 0.0833. The summed E-state index contributed by atoms with van der Waals surface area (Å²) in [7, 11) is 0. The summed E-state index contributed by atoms with van der Waals surface area (Å²) in [5.74, 6) is -0.125. The van der Waals surface area contributed by atoms with Crippen molar-refractivity contribution in [3.63, 3.8) is 0 Å². The van der Waals surface area contributed by atoms with Gasteiger partial charge in [-0.1, -0.05) is 6.07 Å². The molecule has 0 fully saturated rings. The Morgan fingerprint density at radius 2 is 1.78 bits per heavy atom. The lowest BCUT2D eigenvalue weighted by molar-refractivity contribution is -0.124. The zero-order valence-corrected chi connectivity index (χ0v) is 10.1. The van der Waals surface area contributed by atoms with Crippen molar-refractivity contribution >= 4 is 23.3 Å². The quantitative estimate of drug-likeness (QED) is 0.595. The Balaban J connectivity index is 0.000000203. The van der Waals surface area contributed by atoms with Crippen LogP contribution in [0.5, 0.6) is 0 Å². The second-order valence-corrected chi connectivity index (χ2v) is 3.80. The van der Waals surface area contributed by atoms with Crippen LogP contribution in [0.3, 0.4) is 0 Å². The van der Waals surface area contributed by atoms with Crippen LogP contribution in [0.2, 0.25) is 0 Å². The van der Waals surface area contributed by atoms with Gasteiger partial charge in [-0.3, -0.25) is 9.59 Å². The molecule has 2 amide bonds. The van der Waals surface area contributed by atoms with E-state index in [9.17, 15) is 14.4 Å². The minimum absolute atomic E-state index is 0.0625. The van der Waals surface area contributed by atoms with Gasteiger partial charge in [0.1, 0.15) is 16.9 Å². The number of nitrogen functional groups attached to an aromatic ring is 1. The normalized spacial score (nSPS) is 11.6. The molecule has 0 bridgehead atoms. The van der Waals surface area contributed by atoms with Gasteiger partial charge < -0.3 is 5.73 Å². The smallest absolute Gasteiger partial charge is 0.368 e. The Bertz CT molecular complexity index is 608. The summed E-state index contributed by atoms with van der Waals surface area (Å²) in [6, 6.07) is 4.67. The standard InChI is InChI=1S/C7H5N3O.C5H8O2/c8-4-2-1-3-5-6(4)10-7(11)9-5;1-4(6)3-5(2)7/h1-3H,8H2;3H2,1-2H3. The summed E-state index contributed by atoms with van der Waals surface area (Å²) in [5, 5.41) is 1.06. The molecule has 1 aromatic carbocycles. The maximum absolute atomic E-state index is 10.7. The van der Waals surface area contributed by atoms with E-state index in [0.29, 0.717) is 16.4 Å². The molecule has 18 heavy (non-hydrogen) atoms. The van der Waals surface area contributed by atoms with Crippen molar-refractivity contribution in [2.75, 3.05) is 5.73 Å². The van der Waals surface area contributed by atoms with Crippen molar-refractivity contribution in [2.24, 2.45) is 9.98 Å².